The van der Waals surface area contributed by atoms with Crippen LogP contribution in [0, 0.1) is 19.8 Å². The zero-order valence-electron chi connectivity index (χ0n) is 19.5. The number of rotatable bonds is 7. The molecule has 0 aromatic heterocycles. The fourth-order valence-corrected chi connectivity index (χ4v) is 4.19. The Morgan fingerprint density at radius 1 is 1.09 bits per heavy atom. The molecule has 0 spiro atoms. The average molecular weight is 436 g/mol. The van der Waals surface area contributed by atoms with Crippen LogP contribution in [0.1, 0.15) is 49.4 Å². The number of urea groups is 1. The van der Waals surface area contributed by atoms with E-state index in [-0.39, 0.29) is 17.9 Å². The van der Waals surface area contributed by atoms with E-state index >= 15 is 0 Å². The quantitative estimate of drug-likeness (QED) is 0.611. The van der Waals surface area contributed by atoms with E-state index in [4.69, 9.17) is 5.73 Å². The lowest BCUT2D eigenvalue weighted by molar-refractivity contribution is -0.131. The van der Waals surface area contributed by atoms with Crippen LogP contribution in [0.2, 0.25) is 0 Å². The zero-order chi connectivity index (χ0) is 23.5. The molecule has 1 heterocycles. The zero-order valence-corrected chi connectivity index (χ0v) is 19.5. The standard InChI is InChI=1S/C25H33N5O2/c1-16(2)13-25(5)22(31)30(23(26)29-25)15-20-8-6-19(7-9-20)14-27-24(32)28-21-11-17(3)10-18(4)12-21/h6-12,16H,13-15H2,1-5H3,(H2,26,29)(H2,27,28,32). The Balaban J connectivity index is 1.54. The maximum atomic E-state index is 12.9. The van der Waals surface area contributed by atoms with Gasteiger partial charge in [0.1, 0.15) is 5.54 Å². The van der Waals surface area contributed by atoms with Gasteiger partial charge in [0.15, 0.2) is 5.96 Å². The van der Waals surface area contributed by atoms with Crippen molar-refractivity contribution in [2.24, 2.45) is 16.6 Å². The first-order valence-corrected chi connectivity index (χ1v) is 10.9. The highest BCUT2D eigenvalue weighted by molar-refractivity contribution is 6.06. The highest BCUT2D eigenvalue weighted by Gasteiger charge is 2.43. The number of aryl methyl sites for hydroxylation is 2. The molecule has 32 heavy (non-hydrogen) atoms. The summed E-state index contributed by atoms with van der Waals surface area (Å²) in [5.74, 6) is 0.559. The molecule has 7 nitrogen and oxygen atoms in total. The summed E-state index contributed by atoms with van der Waals surface area (Å²) in [6.07, 6.45) is 0.665. The van der Waals surface area contributed by atoms with E-state index in [0.717, 1.165) is 27.9 Å². The largest absolute Gasteiger partial charge is 0.369 e. The van der Waals surface area contributed by atoms with Gasteiger partial charge in [0, 0.05) is 12.2 Å². The first-order valence-electron chi connectivity index (χ1n) is 10.9. The Morgan fingerprint density at radius 2 is 1.69 bits per heavy atom. The number of carbonyl (C=O) groups excluding carboxylic acids is 2. The molecule has 0 saturated heterocycles. The van der Waals surface area contributed by atoms with E-state index in [9.17, 15) is 9.59 Å². The number of hydrogen-bond acceptors (Lipinski definition) is 4. The first-order chi connectivity index (χ1) is 15.1. The molecule has 1 aliphatic rings. The van der Waals surface area contributed by atoms with Crippen LogP contribution in [0.4, 0.5) is 10.5 Å². The van der Waals surface area contributed by atoms with Gasteiger partial charge in [0.2, 0.25) is 0 Å². The second-order valence-corrected chi connectivity index (χ2v) is 9.23. The number of hydrogen-bond donors (Lipinski definition) is 3. The number of guanidine groups is 1. The highest BCUT2D eigenvalue weighted by Crippen LogP contribution is 2.29. The molecule has 0 radical (unpaired) electrons. The number of nitrogens with one attached hydrogen (secondary N) is 2. The molecule has 0 bridgehead atoms. The lowest BCUT2D eigenvalue weighted by Gasteiger charge is -2.23. The summed E-state index contributed by atoms with van der Waals surface area (Å²) >= 11 is 0. The van der Waals surface area contributed by atoms with Gasteiger partial charge in [-0.15, -0.1) is 0 Å². The Bertz CT molecular complexity index is 1010. The van der Waals surface area contributed by atoms with Gasteiger partial charge in [-0.1, -0.05) is 44.2 Å². The van der Waals surface area contributed by atoms with Crippen molar-refractivity contribution in [3.05, 3.63) is 64.7 Å². The average Bonchev–Trinajstić information content (AvgIpc) is 2.88. The predicted octanol–water partition coefficient (Wildman–Crippen LogP) is 4.09. The number of anilines is 1. The second kappa shape index (κ2) is 9.42. The molecule has 3 rings (SSSR count). The smallest absolute Gasteiger partial charge is 0.319 e. The molecular formula is C25H33N5O2. The Hall–Kier alpha value is -3.35. The normalized spacial score (nSPS) is 18.1. The third-order valence-corrected chi connectivity index (χ3v) is 5.45. The molecule has 170 valence electrons. The molecule has 2 aromatic rings. The van der Waals surface area contributed by atoms with Gasteiger partial charge in [-0.05, 0) is 67.5 Å². The summed E-state index contributed by atoms with van der Waals surface area (Å²) in [6.45, 7) is 10.8. The predicted molar refractivity (Wildman–Crippen MR) is 128 cm³/mol. The molecule has 4 N–H and O–H groups in total. The van der Waals surface area contributed by atoms with Crippen molar-refractivity contribution in [3.63, 3.8) is 0 Å². The summed E-state index contributed by atoms with van der Waals surface area (Å²) < 4.78 is 0. The van der Waals surface area contributed by atoms with E-state index in [2.05, 4.69) is 35.5 Å². The monoisotopic (exact) mass is 435 g/mol. The number of aliphatic imine (C=N–C) groups is 1. The van der Waals surface area contributed by atoms with Crippen LogP contribution >= 0.6 is 0 Å². The Labute approximate surface area is 190 Å². The minimum Gasteiger partial charge on any atom is -0.369 e. The highest BCUT2D eigenvalue weighted by atomic mass is 16.2. The molecule has 0 fully saturated rings. The Morgan fingerprint density at radius 3 is 2.28 bits per heavy atom. The number of nitrogens with zero attached hydrogens (tertiary/aromatic N) is 2. The maximum absolute atomic E-state index is 12.9. The van der Waals surface area contributed by atoms with Gasteiger partial charge < -0.3 is 16.4 Å². The van der Waals surface area contributed by atoms with E-state index in [1.165, 1.54) is 0 Å². The van der Waals surface area contributed by atoms with Crippen molar-refractivity contribution in [2.45, 2.75) is 59.7 Å². The van der Waals surface area contributed by atoms with Crippen molar-refractivity contribution < 1.29 is 9.59 Å². The number of amides is 3. The summed E-state index contributed by atoms with van der Waals surface area (Å²) in [7, 11) is 0. The lowest BCUT2D eigenvalue weighted by Crippen LogP contribution is -2.43. The van der Waals surface area contributed by atoms with Crippen LogP contribution in [-0.2, 0) is 17.9 Å². The molecule has 1 aliphatic heterocycles. The van der Waals surface area contributed by atoms with Gasteiger partial charge in [0.25, 0.3) is 5.91 Å². The maximum Gasteiger partial charge on any atom is 0.319 e. The van der Waals surface area contributed by atoms with Crippen LogP contribution in [0.25, 0.3) is 0 Å². The van der Waals surface area contributed by atoms with Crippen LogP contribution in [0.3, 0.4) is 0 Å². The third-order valence-electron chi connectivity index (χ3n) is 5.45. The van der Waals surface area contributed by atoms with Crippen molar-refractivity contribution in [1.29, 1.82) is 0 Å². The topological polar surface area (TPSA) is 99.8 Å². The van der Waals surface area contributed by atoms with E-state index in [1.54, 1.807) is 4.90 Å². The summed E-state index contributed by atoms with van der Waals surface area (Å²) in [4.78, 5) is 31.1. The fourth-order valence-electron chi connectivity index (χ4n) is 4.19. The van der Waals surface area contributed by atoms with Crippen LogP contribution in [-0.4, -0.2) is 28.3 Å². The van der Waals surface area contributed by atoms with Crippen LogP contribution in [0.15, 0.2) is 47.5 Å². The number of carbonyl (C=O) groups is 2. The van der Waals surface area contributed by atoms with Crippen molar-refractivity contribution >= 4 is 23.6 Å². The Kier molecular flexibility index (Phi) is 6.87. The number of benzene rings is 2. The SMILES string of the molecule is Cc1cc(C)cc(NC(=O)NCc2ccc(CN3C(=O)C(C)(CC(C)C)N=C3N)cc2)c1. The van der Waals surface area contributed by atoms with Gasteiger partial charge in [0.05, 0.1) is 6.54 Å². The summed E-state index contributed by atoms with van der Waals surface area (Å²) in [5.41, 5.74) is 10.2. The minimum atomic E-state index is -0.786. The molecule has 0 saturated carbocycles. The lowest BCUT2D eigenvalue weighted by atomic mass is 9.91. The molecule has 0 aliphatic carbocycles. The number of nitrogens with two attached hydrogens (primary N) is 1. The molecule has 7 heteroatoms. The van der Waals surface area contributed by atoms with Gasteiger partial charge >= 0.3 is 6.03 Å². The second-order valence-electron chi connectivity index (χ2n) is 9.23. The molecule has 2 aromatic carbocycles. The van der Waals surface area contributed by atoms with Crippen LogP contribution in [0.5, 0.6) is 0 Å². The summed E-state index contributed by atoms with van der Waals surface area (Å²) in [6, 6.07) is 13.4. The van der Waals surface area contributed by atoms with Gasteiger partial charge in [-0.25, -0.2) is 9.79 Å². The van der Waals surface area contributed by atoms with Crippen molar-refractivity contribution in [2.75, 3.05) is 5.32 Å². The van der Waals surface area contributed by atoms with E-state index < -0.39 is 5.54 Å². The molecular weight excluding hydrogens is 402 g/mol. The van der Waals surface area contributed by atoms with Crippen LogP contribution < -0.4 is 16.4 Å². The van der Waals surface area contributed by atoms with Crippen molar-refractivity contribution in [1.82, 2.24) is 10.2 Å². The fraction of sp³-hybridized carbons (Fsp3) is 0.400. The van der Waals surface area contributed by atoms with E-state index in [0.29, 0.717) is 25.4 Å². The molecule has 1 atom stereocenters. The molecule has 3 amide bonds. The van der Waals surface area contributed by atoms with Gasteiger partial charge in [-0.3, -0.25) is 9.69 Å². The first kappa shape index (κ1) is 23.3. The van der Waals surface area contributed by atoms with Gasteiger partial charge in [-0.2, -0.15) is 0 Å². The molecule has 1 unspecified atom stereocenters. The third kappa shape index (κ3) is 5.66. The van der Waals surface area contributed by atoms with E-state index in [1.807, 2.05) is 57.2 Å². The summed E-state index contributed by atoms with van der Waals surface area (Å²) in [5, 5.41) is 5.73. The van der Waals surface area contributed by atoms with Crippen molar-refractivity contribution in [3.8, 4) is 0 Å². The minimum absolute atomic E-state index is 0.0579.